The molecule has 9 nitrogen and oxygen atoms in total. The largest absolute Gasteiger partial charge is 0.493 e. The summed E-state index contributed by atoms with van der Waals surface area (Å²) >= 11 is 12.1. The van der Waals surface area contributed by atoms with Crippen LogP contribution in [0.4, 0.5) is 5.69 Å². The van der Waals surface area contributed by atoms with Gasteiger partial charge >= 0.3 is 5.97 Å². The number of anilines is 1. The molecule has 1 aromatic heterocycles. The molecule has 0 radical (unpaired) electrons. The molecule has 1 heterocycles. The van der Waals surface area contributed by atoms with Gasteiger partial charge in [-0.15, -0.1) is 0 Å². The first-order valence-corrected chi connectivity index (χ1v) is 12.8. The molecule has 0 spiro atoms. The molecule has 4 rings (SSSR count). The Bertz CT molecular complexity index is 1660. The maximum absolute atomic E-state index is 13.3. The van der Waals surface area contributed by atoms with Crippen LogP contribution >= 0.6 is 23.2 Å². The number of aromatic amines is 1. The van der Waals surface area contributed by atoms with Gasteiger partial charge in [-0.25, -0.2) is 8.42 Å². The molecule has 0 aliphatic carbocycles. The molecule has 0 atom stereocenters. The van der Waals surface area contributed by atoms with Crippen LogP contribution in [-0.4, -0.2) is 33.6 Å². The fraction of sp³-hybridized carbons (Fsp3) is 0.120. The van der Waals surface area contributed by atoms with Crippen molar-refractivity contribution in [1.29, 1.82) is 5.26 Å². The molecule has 4 aromatic rings. The minimum Gasteiger partial charge on any atom is -0.493 e. The van der Waals surface area contributed by atoms with Gasteiger partial charge in [0.25, 0.3) is 10.0 Å². The number of esters is 1. The molecule has 2 N–H and O–H groups in total. The standard InChI is InChI=1S/C25H19Cl2N3O6S/c1-34-22-9-14(10-24(31)35-2)3-6-20(22)36-21-7-5-19-17(12-16(13-28)29-19)25(21)30-37(32,33)23-8-4-15(26)11-18(23)27/h3-9,11-12,29-30H,10H2,1-2H3. The minimum atomic E-state index is -4.20. The average molecular weight is 560 g/mol. The lowest BCUT2D eigenvalue weighted by Crippen LogP contribution is -2.14. The quantitative estimate of drug-likeness (QED) is 0.266. The first-order chi connectivity index (χ1) is 17.6. The van der Waals surface area contributed by atoms with Gasteiger partial charge in [0.1, 0.15) is 22.3 Å². The summed E-state index contributed by atoms with van der Waals surface area (Å²) in [4.78, 5) is 14.4. The molecule has 12 heteroatoms. The Morgan fingerprint density at radius 1 is 1.03 bits per heavy atom. The molecular weight excluding hydrogens is 541 g/mol. The third-order valence-corrected chi connectivity index (χ3v) is 7.40. The fourth-order valence-corrected chi connectivity index (χ4v) is 5.45. The predicted octanol–water partition coefficient (Wildman–Crippen LogP) is 5.66. The number of aromatic nitrogens is 1. The van der Waals surface area contributed by atoms with Gasteiger partial charge in [0.05, 0.1) is 25.7 Å². The number of fused-ring (bicyclic) bond motifs is 1. The average Bonchev–Trinajstić information content (AvgIpc) is 3.29. The number of hydrogen-bond donors (Lipinski definition) is 2. The van der Waals surface area contributed by atoms with Crippen LogP contribution < -0.4 is 14.2 Å². The zero-order valence-corrected chi connectivity index (χ0v) is 21.8. The van der Waals surface area contributed by atoms with Crippen molar-refractivity contribution in [3.8, 4) is 23.3 Å². The van der Waals surface area contributed by atoms with Crippen molar-refractivity contribution in [2.24, 2.45) is 0 Å². The number of sulfonamides is 1. The second-order valence-electron chi connectivity index (χ2n) is 7.72. The van der Waals surface area contributed by atoms with Crippen LogP contribution in [0.5, 0.6) is 17.2 Å². The molecule has 37 heavy (non-hydrogen) atoms. The molecule has 190 valence electrons. The van der Waals surface area contributed by atoms with Crippen molar-refractivity contribution in [2.45, 2.75) is 11.3 Å². The van der Waals surface area contributed by atoms with Gasteiger partial charge in [0.15, 0.2) is 17.2 Å². The monoisotopic (exact) mass is 559 g/mol. The highest BCUT2D eigenvalue weighted by molar-refractivity contribution is 7.92. The van der Waals surface area contributed by atoms with Crippen molar-refractivity contribution in [3.05, 3.63) is 75.9 Å². The third kappa shape index (κ3) is 5.59. The number of benzene rings is 3. The molecule has 0 bridgehead atoms. The second kappa shape index (κ2) is 10.6. The number of hydrogen-bond acceptors (Lipinski definition) is 7. The van der Waals surface area contributed by atoms with Gasteiger partial charge in [0.2, 0.25) is 0 Å². The maximum Gasteiger partial charge on any atom is 0.309 e. The Balaban J connectivity index is 1.80. The van der Waals surface area contributed by atoms with Crippen LogP contribution in [0.1, 0.15) is 11.3 Å². The summed E-state index contributed by atoms with van der Waals surface area (Å²) in [7, 11) is -1.47. The van der Waals surface area contributed by atoms with Crippen LogP contribution in [0.2, 0.25) is 10.0 Å². The van der Waals surface area contributed by atoms with Crippen LogP contribution in [0.3, 0.4) is 0 Å². The SMILES string of the molecule is COC(=O)Cc1ccc(Oc2ccc3[nH]c(C#N)cc3c2NS(=O)(=O)c2ccc(Cl)cc2Cl)c(OC)c1. The van der Waals surface area contributed by atoms with E-state index >= 15 is 0 Å². The van der Waals surface area contributed by atoms with Gasteiger partial charge in [-0.05, 0) is 54.1 Å². The normalized spacial score (nSPS) is 11.1. The van der Waals surface area contributed by atoms with Crippen molar-refractivity contribution in [1.82, 2.24) is 4.98 Å². The molecule has 0 amide bonds. The number of methoxy groups -OCH3 is 2. The number of H-pyrrole nitrogens is 1. The van der Waals surface area contributed by atoms with Crippen LogP contribution in [0.15, 0.2) is 59.5 Å². The molecule has 0 unspecified atom stereocenters. The third-order valence-electron chi connectivity index (χ3n) is 5.33. The molecule has 0 saturated carbocycles. The molecule has 0 aliphatic rings. The lowest BCUT2D eigenvalue weighted by Gasteiger charge is -2.17. The second-order valence-corrected chi connectivity index (χ2v) is 10.2. The Hall–Kier alpha value is -3.91. The number of nitrogens with one attached hydrogen (secondary N) is 2. The van der Waals surface area contributed by atoms with Gasteiger partial charge in [-0.1, -0.05) is 29.3 Å². The van der Waals surface area contributed by atoms with E-state index in [0.29, 0.717) is 22.2 Å². The fourth-order valence-electron chi connectivity index (χ4n) is 3.58. The van der Waals surface area contributed by atoms with Crippen molar-refractivity contribution < 1.29 is 27.4 Å². The zero-order chi connectivity index (χ0) is 26.7. The van der Waals surface area contributed by atoms with E-state index in [2.05, 4.69) is 9.71 Å². The molecule has 0 aliphatic heterocycles. The number of carbonyl (C=O) groups excluding carboxylic acids is 1. The molecule has 0 fully saturated rings. The van der Waals surface area contributed by atoms with E-state index in [1.807, 2.05) is 6.07 Å². The minimum absolute atomic E-state index is 0.0340. The number of nitrogens with zero attached hydrogens (tertiary/aromatic N) is 1. The molecule has 3 aromatic carbocycles. The summed E-state index contributed by atoms with van der Waals surface area (Å²) in [6.45, 7) is 0. The van der Waals surface area contributed by atoms with E-state index in [4.69, 9.17) is 37.4 Å². The Labute approximate surface area is 222 Å². The highest BCUT2D eigenvalue weighted by Gasteiger charge is 2.23. The van der Waals surface area contributed by atoms with Crippen LogP contribution in [0.25, 0.3) is 10.9 Å². The van der Waals surface area contributed by atoms with Crippen molar-refractivity contribution in [3.63, 3.8) is 0 Å². The number of nitriles is 1. The van der Waals surface area contributed by atoms with Gasteiger partial charge in [-0.2, -0.15) is 5.26 Å². The topological polar surface area (TPSA) is 131 Å². The lowest BCUT2D eigenvalue weighted by molar-refractivity contribution is -0.139. The summed E-state index contributed by atoms with van der Waals surface area (Å²) in [5.74, 6) is 0.280. The van der Waals surface area contributed by atoms with Crippen molar-refractivity contribution in [2.75, 3.05) is 18.9 Å². The zero-order valence-electron chi connectivity index (χ0n) is 19.5. The molecule has 0 saturated heterocycles. The highest BCUT2D eigenvalue weighted by Crippen LogP contribution is 2.41. The lowest BCUT2D eigenvalue weighted by atomic mass is 10.1. The van der Waals surface area contributed by atoms with E-state index in [1.54, 1.807) is 30.3 Å². The summed E-state index contributed by atoms with van der Waals surface area (Å²) in [6.07, 6.45) is 0.0340. The summed E-state index contributed by atoms with van der Waals surface area (Å²) < 4.78 is 45.4. The van der Waals surface area contributed by atoms with Crippen molar-refractivity contribution >= 4 is 55.8 Å². The number of halogens is 2. The summed E-state index contributed by atoms with van der Waals surface area (Å²) in [5.41, 5.74) is 1.43. The maximum atomic E-state index is 13.3. The van der Waals surface area contributed by atoms with E-state index < -0.39 is 16.0 Å². The van der Waals surface area contributed by atoms with E-state index in [0.717, 1.165) is 0 Å². The summed E-state index contributed by atoms with van der Waals surface area (Å²) in [5, 5.41) is 9.96. The first kappa shape index (κ1) is 26.2. The Kier molecular flexibility index (Phi) is 7.50. The number of carbonyl (C=O) groups is 1. The highest BCUT2D eigenvalue weighted by atomic mass is 35.5. The Morgan fingerprint density at radius 2 is 1.78 bits per heavy atom. The molecular formula is C25H19Cl2N3O6S. The number of rotatable bonds is 8. The van der Waals surface area contributed by atoms with Gasteiger partial charge in [0, 0.05) is 15.9 Å². The Morgan fingerprint density at radius 3 is 2.46 bits per heavy atom. The van der Waals surface area contributed by atoms with Crippen LogP contribution in [0, 0.1) is 11.3 Å². The number of ether oxygens (including phenoxy) is 3. The van der Waals surface area contributed by atoms with Gasteiger partial charge < -0.3 is 19.2 Å². The van der Waals surface area contributed by atoms with Gasteiger partial charge in [-0.3, -0.25) is 9.52 Å². The van der Waals surface area contributed by atoms with Crippen LogP contribution in [-0.2, 0) is 26.0 Å². The van der Waals surface area contributed by atoms with E-state index in [1.165, 1.54) is 38.5 Å². The van der Waals surface area contributed by atoms with E-state index in [9.17, 15) is 18.5 Å². The predicted molar refractivity (Wildman–Crippen MR) is 139 cm³/mol. The first-order valence-electron chi connectivity index (χ1n) is 10.6. The smallest absolute Gasteiger partial charge is 0.309 e. The van der Waals surface area contributed by atoms with E-state index in [-0.39, 0.29) is 44.2 Å². The summed E-state index contributed by atoms with van der Waals surface area (Å²) in [6, 6.07) is 15.6.